The maximum absolute atomic E-state index is 13.0. The summed E-state index contributed by atoms with van der Waals surface area (Å²) in [5.41, 5.74) is 0.742. The van der Waals surface area contributed by atoms with Gasteiger partial charge < -0.3 is 9.80 Å². The number of piperazine rings is 1. The van der Waals surface area contributed by atoms with E-state index in [2.05, 4.69) is 18.9 Å². The highest BCUT2D eigenvalue weighted by Gasteiger charge is 2.24. The van der Waals surface area contributed by atoms with Gasteiger partial charge in [0.1, 0.15) is 5.82 Å². The van der Waals surface area contributed by atoms with Crippen LogP contribution in [-0.2, 0) is 11.2 Å². The van der Waals surface area contributed by atoms with Crippen LogP contribution in [0.1, 0.15) is 12.5 Å². The summed E-state index contributed by atoms with van der Waals surface area (Å²) in [7, 11) is 2.07. The van der Waals surface area contributed by atoms with Crippen LogP contribution in [0, 0.1) is 5.82 Å². The van der Waals surface area contributed by atoms with Crippen LogP contribution in [0.4, 0.5) is 4.39 Å². The van der Waals surface area contributed by atoms with E-state index in [1.165, 1.54) is 12.1 Å². The molecule has 0 aliphatic carbocycles. The van der Waals surface area contributed by atoms with Crippen LogP contribution < -0.4 is 0 Å². The molecule has 0 saturated carbocycles. The van der Waals surface area contributed by atoms with Gasteiger partial charge in [0.05, 0.1) is 6.42 Å². The summed E-state index contributed by atoms with van der Waals surface area (Å²) >= 11 is 0. The van der Waals surface area contributed by atoms with Gasteiger partial charge in [0, 0.05) is 25.7 Å². The molecule has 1 saturated heterocycles. The minimum Gasteiger partial charge on any atom is -0.340 e. The zero-order valence-electron chi connectivity index (χ0n) is 10.9. The van der Waals surface area contributed by atoms with Crippen LogP contribution in [-0.4, -0.2) is 48.4 Å². The summed E-state index contributed by atoms with van der Waals surface area (Å²) in [5, 5.41) is 0. The van der Waals surface area contributed by atoms with Crippen molar-refractivity contribution in [2.45, 2.75) is 19.4 Å². The third kappa shape index (κ3) is 3.07. The summed E-state index contributed by atoms with van der Waals surface area (Å²) < 4.78 is 13.0. The van der Waals surface area contributed by atoms with E-state index in [1.807, 2.05) is 4.90 Å². The lowest BCUT2D eigenvalue weighted by molar-refractivity contribution is -0.133. The molecule has 1 unspecified atom stereocenters. The molecule has 18 heavy (non-hydrogen) atoms. The first kappa shape index (κ1) is 13.0. The van der Waals surface area contributed by atoms with Crippen molar-refractivity contribution < 1.29 is 9.18 Å². The van der Waals surface area contributed by atoms with E-state index >= 15 is 0 Å². The Hall–Kier alpha value is -1.42. The summed E-state index contributed by atoms with van der Waals surface area (Å²) in [6.07, 6.45) is 0.286. The zero-order chi connectivity index (χ0) is 13.1. The molecule has 3 nitrogen and oxygen atoms in total. The van der Waals surface area contributed by atoms with Crippen molar-refractivity contribution >= 4 is 5.91 Å². The molecule has 1 atom stereocenters. The molecule has 0 aromatic heterocycles. The largest absolute Gasteiger partial charge is 0.340 e. The molecule has 4 heteroatoms. The smallest absolute Gasteiger partial charge is 0.227 e. The van der Waals surface area contributed by atoms with Crippen molar-refractivity contribution in [3.63, 3.8) is 0 Å². The van der Waals surface area contributed by atoms with Crippen LogP contribution in [0.15, 0.2) is 24.3 Å². The lowest BCUT2D eigenvalue weighted by Crippen LogP contribution is -2.52. The molecule has 0 bridgehead atoms. The highest BCUT2D eigenvalue weighted by Crippen LogP contribution is 2.10. The molecule has 1 amide bonds. The van der Waals surface area contributed by atoms with Gasteiger partial charge in [0.2, 0.25) is 5.91 Å². The molecule has 1 heterocycles. The first-order valence-electron chi connectivity index (χ1n) is 6.28. The number of carbonyl (C=O) groups excluding carboxylic acids is 1. The second-order valence-electron chi connectivity index (χ2n) is 4.98. The lowest BCUT2D eigenvalue weighted by Gasteiger charge is -2.37. The number of carbonyl (C=O) groups is 1. The van der Waals surface area contributed by atoms with Crippen molar-refractivity contribution in [1.82, 2.24) is 9.80 Å². The fraction of sp³-hybridized carbons (Fsp3) is 0.500. The topological polar surface area (TPSA) is 23.6 Å². The molecule has 1 fully saturated rings. The Labute approximate surface area is 107 Å². The van der Waals surface area contributed by atoms with Crippen LogP contribution in [0.2, 0.25) is 0 Å². The number of amides is 1. The maximum atomic E-state index is 13.0. The lowest BCUT2D eigenvalue weighted by atomic mass is 10.1. The molecular formula is C14H19FN2O. The first-order chi connectivity index (χ1) is 8.56. The van der Waals surface area contributed by atoms with Gasteiger partial charge in [0.15, 0.2) is 0 Å². The second kappa shape index (κ2) is 5.48. The Kier molecular flexibility index (Phi) is 3.97. The van der Waals surface area contributed by atoms with E-state index < -0.39 is 0 Å². The average molecular weight is 250 g/mol. The quantitative estimate of drug-likeness (QED) is 0.794. The highest BCUT2D eigenvalue weighted by atomic mass is 19.1. The predicted molar refractivity (Wildman–Crippen MR) is 68.8 cm³/mol. The van der Waals surface area contributed by atoms with Crippen molar-refractivity contribution in [1.29, 1.82) is 0 Å². The van der Waals surface area contributed by atoms with Crippen molar-refractivity contribution in [3.8, 4) is 0 Å². The summed E-state index contributed by atoms with van der Waals surface area (Å²) in [4.78, 5) is 16.2. The van der Waals surface area contributed by atoms with Gasteiger partial charge in [-0.15, -0.1) is 0 Å². The highest BCUT2D eigenvalue weighted by molar-refractivity contribution is 5.78. The van der Waals surface area contributed by atoms with E-state index in [0.29, 0.717) is 6.04 Å². The normalized spacial score (nSPS) is 21.1. The van der Waals surface area contributed by atoms with E-state index in [0.717, 1.165) is 25.2 Å². The fourth-order valence-electron chi connectivity index (χ4n) is 2.21. The van der Waals surface area contributed by atoms with Crippen LogP contribution >= 0.6 is 0 Å². The standard InChI is InChI=1S/C14H19FN2O/c1-11-10-17(7-6-16(11)2)14(18)9-12-4-3-5-13(15)8-12/h3-5,8,11H,6-7,9-10H2,1-2H3. The summed E-state index contributed by atoms with van der Waals surface area (Å²) in [5.74, 6) is -0.201. The predicted octanol–water partition coefficient (Wildman–Crippen LogP) is 1.53. The van der Waals surface area contributed by atoms with Crippen molar-refractivity contribution in [2.75, 3.05) is 26.7 Å². The third-order valence-electron chi connectivity index (χ3n) is 3.56. The Morgan fingerprint density at radius 1 is 1.44 bits per heavy atom. The molecule has 1 aliphatic rings. The molecule has 98 valence electrons. The molecule has 0 spiro atoms. The van der Waals surface area contributed by atoms with Gasteiger partial charge in [-0.2, -0.15) is 0 Å². The van der Waals surface area contributed by atoms with Crippen LogP contribution in [0.5, 0.6) is 0 Å². The Balaban J connectivity index is 1.96. The first-order valence-corrected chi connectivity index (χ1v) is 6.28. The Morgan fingerprint density at radius 2 is 2.22 bits per heavy atom. The molecule has 1 aromatic rings. The number of likely N-dealkylation sites (N-methyl/N-ethyl adjacent to an activating group) is 1. The average Bonchev–Trinajstić information content (AvgIpc) is 2.32. The molecule has 1 aromatic carbocycles. The number of hydrogen-bond donors (Lipinski definition) is 0. The van der Waals surface area contributed by atoms with Gasteiger partial charge in [-0.3, -0.25) is 4.79 Å². The fourth-order valence-corrected chi connectivity index (χ4v) is 2.21. The summed E-state index contributed by atoms with van der Waals surface area (Å²) in [6, 6.07) is 6.64. The minimum absolute atomic E-state index is 0.0838. The molecular weight excluding hydrogens is 231 g/mol. The number of benzene rings is 1. The molecule has 0 N–H and O–H groups in total. The number of halogens is 1. The third-order valence-corrected chi connectivity index (χ3v) is 3.56. The van der Waals surface area contributed by atoms with Crippen molar-refractivity contribution in [3.05, 3.63) is 35.6 Å². The van der Waals surface area contributed by atoms with Gasteiger partial charge in [-0.05, 0) is 31.7 Å². The van der Waals surface area contributed by atoms with Gasteiger partial charge in [-0.1, -0.05) is 12.1 Å². The SMILES string of the molecule is CC1CN(C(=O)Cc2cccc(F)c2)CCN1C. The zero-order valence-corrected chi connectivity index (χ0v) is 10.9. The molecule has 0 radical (unpaired) electrons. The summed E-state index contributed by atoms with van der Waals surface area (Å²) in [6.45, 7) is 4.53. The second-order valence-corrected chi connectivity index (χ2v) is 4.98. The number of nitrogens with zero attached hydrogens (tertiary/aromatic N) is 2. The molecule has 2 rings (SSSR count). The van der Waals surface area contributed by atoms with E-state index in [-0.39, 0.29) is 18.1 Å². The van der Waals surface area contributed by atoms with Gasteiger partial charge in [-0.25, -0.2) is 4.39 Å². The van der Waals surface area contributed by atoms with E-state index in [9.17, 15) is 9.18 Å². The molecule has 1 aliphatic heterocycles. The minimum atomic E-state index is -0.285. The Bertz CT molecular complexity index is 436. The van der Waals surface area contributed by atoms with E-state index in [1.54, 1.807) is 12.1 Å². The Morgan fingerprint density at radius 3 is 2.89 bits per heavy atom. The number of rotatable bonds is 2. The van der Waals surface area contributed by atoms with Crippen LogP contribution in [0.3, 0.4) is 0 Å². The number of hydrogen-bond acceptors (Lipinski definition) is 2. The van der Waals surface area contributed by atoms with Gasteiger partial charge in [0.25, 0.3) is 0 Å². The van der Waals surface area contributed by atoms with Gasteiger partial charge >= 0.3 is 0 Å². The van der Waals surface area contributed by atoms with Crippen molar-refractivity contribution in [2.24, 2.45) is 0 Å². The van der Waals surface area contributed by atoms with E-state index in [4.69, 9.17) is 0 Å². The maximum Gasteiger partial charge on any atom is 0.227 e. The van der Waals surface area contributed by atoms with Crippen LogP contribution in [0.25, 0.3) is 0 Å². The monoisotopic (exact) mass is 250 g/mol.